The molecule has 118 valence electrons. The van der Waals surface area contributed by atoms with Crippen LogP contribution in [0.25, 0.3) is 51.1 Å². The molecule has 0 aliphatic carbocycles. The van der Waals surface area contributed by atoms with E-state index in [1.54, 1.807) is 0 Å². The van der Waals surface area contributed by atoms with Crippen molar-refractivity contribution in [3.8, 4) is 0 Å². The van der Waals surface area contributed by atoms with Crippen LogP contribution in [0.5, 0.6) is 0 Å². The Labute approximate surface area is 152 Å². The number of fused-ring (bicyclic) bond motifs is 9. The highest BCUT2D eigenvalue weighted by molar-refractivity contribution is 7.26. The zero-order valence-electron chi connectivity index (χ0n) is 13.7. The van der Waals surface area contributed by atoms with Gasteiger partial charge in [-0.25, -0.2) is 0 Å². The molecule has 0 N–H and O–H groups in total. The van der Waals surface area contributed by atoms with E-state index < -0.39 is 0 Å². The first-order valence-corrected chi connectivity index (χ1v) is 10.1. The molecule has 0 nitrogen and oxygen atoms in total. The second-order valence-corrected chi connectivity index (χ2v) is 8.76. The maximum Gasteiger partial charge on any atom is 0.0391 e. The molecule has 4 aromatic carbocycles. The molecule has 2 aromatic heterocycles. The molecule has 0 atom stereocenters. The molecular weight excluding hydrogens is 340 g/mol. The van der Waals surface area contributed by atoms with Gasteiger partial charge in [0.25, 0.3) is 0 Å². The number of benzene rings is 4. The van der Waals surface area contributed by atoms with Crippen LogP contribution in [-0.2, 0) is 0 Å². The van der Waals surface area contributed by atoms with E-state index in [9.17, 15) is 0 Å². The summed E-state index contributed by atoms with van der Waals surface area (Å²) in [6.45, 7) is 2.25. The van der Waals surface area contributed by atoms with Crippen molar-refractivity contribution in [1.29, 1.82) is 0 Å². The lowest BCUT2D eigenvalue weighted by Gasteiger charge is -2.06. The lowest BCUT2D eigenvalue weighted by molar-refractivity contribution is 1.59. The lowest BCUT2D eigenvalue weighted by Crippen LogP contribution is -1.80. The summed E-state index contributed by atoms with van der Waals surface area (Å²) < 4.78 is 5.56. The molecule has 0 aliphatic rings. The summed E-state index contributed by atoms with van der Waals surface area (Å²) in [5.74, 6) is 0. The normalized spacial score (nSPS) is 12.2. The van der Waals surface area contributed by atoms with Crippen LogP contribution in [0.15, 0.2) is 66.7 Å². The van der Waals surface area contributed by atoms with Crippen molar-refractivity contribution >= 4 is 73.8 Å². The minimum Gasteiger partial charge on any atom is -0.135 e. The van der Waals surface area contributed by atoms with Crippen LogP contribution in [-0.4, -0.2) is 0 Å². The summed E-state index contributed by atoms with van der Waals surface area (Å²) in [6, 6.07) is 24.6. The van der Waals surface area contributed by atoms with Crippen molar-refractivity contribution in [1.82, 2.24) is 0 Å². The van der Waals surface area contributed by atoms with E-state index in [2.05, 4.69) is 73.7 Å². The summed E-state index contributed by atoms with van der Waals surface area (Å²) in [5.41, 5.74) is 1.38. The fraction of sp³-hybridized carbons (Fsp3) is 0.0435. The molecule has 0 fully saturated rings. The van der Waals surface area contributed by atoms with Gasteiger partial charge in [0.1, 0.15) is 0 Å². The van der Waals surface area contributed by atoms with Gasteiger partial charge in [-0.3, -0.25) is 0 Å². The van der Waals surface area contributed by atoms with E-state index in [1.165, 1.54) is 56.7 Å². The molecule has 2 heteroatoms. The summed E-state index contributed by atoms with van der Waals surface area (Å²) in [5, 5.41) is 8.38. The van der Waals surface area contributed by atoms with Crippen LogP contribution >= 0.6 is 22.7 Å². The third kappa shape index (κ3) is 1.76. The monoisotopic (exact) mass is 354 g/mol. The fourth-order valence-electron chi connectivity index (χ4n) is 4.08. The van der Waals surface area contributed by atoms with Gasteiger partial charge in [0.2, 0.25) is 0 Å². The van der Waals surface area contributed by atoms with Crippen molar-refractivity contribution in [2.75, 3.05) is 0 Å². The van der Waals surface area contributed by atoms with Crippen LogP contribution in [0.1, 0.15) is 5.56 Å². The third-order valence-corrected chi connectivity index (χ3v) is 7.61. The fourth-order valence-corrected chi connectivity index (χ4v) is 6.39. The molecule has 0 saturated carbocycles. The average molecular weight is 354 g/mol. The Morgan fingerprint density at radius 3 is 2.04 bits per heavy atom. The van der Waals surface area contributed by atoms with Crippen LogP contribution in [0.3, 0.4) is 0 Å². The largest absolute Gasteiger partial charge is 0.135 e. The van der Waals surface area contributed by atoms with Crippen molar-refractivity contribution in [2.24, 2.45) is 0 Å². The minimum absolute atomic E-state index is 1.37. The predicted molar refractivity (Wildman–Crippen MR) is 114 cm³/mol. The molecule has 0 radical (unpaired) electrons. The maximum absolute atomic E-state index is 2.40. The molecule has 6 aromatic rings. The third-order valence-electron chi connectivity index (χ3n) is 5.17. The number of rotatable bonds is 0. The van der Waals surface area contributed by atoms with Crippen LogP contribution in [0, 0.1) is 6.92 Å². The molecule has 25 heavy (non-hydrogen) atoms. The molecule has 0 saturated heterocycles. The summed E-state index contributed by atoms with van der Waals surface area (Å²) in [6.07, 6.45) is 0. The number of thiophene rings is 2. The predicted octanol–water partition coefficient (Wildman–Crippen LogP) is 7.88. The summed E-state index contributed by atoms with van der Waals surface area (Å²) in [7, 11) is 0. The van der Waals surface area contributed by atoms with E-state index in [-0.39, 0.29) is 0 Å². The second kappa shape index (κ2) is 4.81. The SMILES string of the molecule is Cc1cc2c(ccc3sc4ccccc4c32)c2c1sc1ccccc12. The molecule has 0 unspecified atom stereocenters. The van der Waals surface area contributed by atoms with Gasteiger partial charge in [0, 0.05) is 40.3 Å². The number of aryl methyl sites for hydroxylation is 1. The molecule has 0 amide bonds. The van der Waals surface area contributed by atoms with Crippen LogP contribution < -0.4 is 0 Å². The Bertz CT molecular complexity index is 1450. The van der Waals surface area contributed by atoms with Crippen molar-refractivity contribution in [3.63, 3.8) is 0 Å². The Kier molecular flexibility index (Phi) is 2.66. The van der Waals surface area contributed by atoms with Gasteiger partial charge < -0.3 is 0 Å². The van der Waals surface area contributed by atoms with Crippen molar-refractivity contribution in [3.05, 3.63) is 72.3 Å². The topological polar surface area (TPSA) is 0 Å². The van der Waals surface area contributed by atoms with E-state index in [1.807, 2.05) is 22.7 Å². The minimum atomic E-state index is 1.37. The van der Waals surface area contributed by atoms with E-state index in [0.29, 0.717) is 0 Å². The Balaban J connectivity index is 1.96. The average Bonchev–Trinajstić information content (AvgIpc) is 3.21. The first-order chi connectivity index (χ1) is 12.3. The van der Waals surface area contributed by atoms with Crippen molar-refractivity contribution < 1.29 is 0 Å². The lowest BCUT2D eigenvalue weighted by atomic mass is 9.97. The van der Waals surface area contributed by atoms with Gasteiger partial charge >= 0.3 is 0 Å². The van der Waals surface area contributed by atoms with Gasteiger partial charge in [-0.1, -0.05) is 42.5 Å². The number of hydrogen-bond acceptors (Lipinski definition) is 2. The standard InChI is InChI=1S/C23H14S2/c1-13-12-17-14(22-16-7-3-5-9-19(16)25-23(13)22)10-11-20-21(17)15-6-2-4-8-18(15)24-20/h2-12H,1H3. The highest BCUT2D eigenvalue weighted by Gasteiger charge is 2.15. The van der Waals surface area contributed by atoms with Crippen LogP contribution in [0.4, 0.5) is 0 Å². The van der Waals surface area contributed by atoms with Gasteiger partial charge in [-0.2, -0.15) is 0 Å². The van der Waals surface area contributed by atoms with Crippen molar-refractivity contribution in [2.45, 2.75) is 6.92 Å². The summed E-state index contributed by atoms with van der Waals surface area (Å²) in [4.78, 5) is 0. The zero-order chi connectivity index (χ0) is 16.5. The maximum atomic E-state index is 2.40. The van der Waals surface area contributed by atoms with Gasteiger partial charge in [-0.15, -0.1) is 22.7 Å². The molecular formula is C23H14S2. The van der Waals surface area contributed by atoms with E-state index in [4.69, 9.17) is 0 Å². The molecule has 0 spiro atoms. The highest BCUT2D eigenvalue weighted by Crippen LogP contribution is 2.45. The molecule has 0 bridgehead atoms. The Hall–Kier alpha value is -2.42. The Morgan fingerprint density at radius 1 is 0.560 bits per heavy atom. The van der Waals surface area contributed by atoms with E-state index in [0.717, 1.165) is 0 Å². The quantitative estimate of drug-likeness (QED) is 0.260. The second-order valence-electron chi connectivity index (χ2n) is 6.63. The molecule has 6 rings (SSSR count). The zero-order valence-corrected chi connectivity index (χ0v) is 15.3. The molecule has 0 aliphatic heterocycles. The molecule has 2 heterocycles. The Morgan fingerprint density at radius 2 is 1.24 bits per heavy atom. The van der Waals surface area contributed by atoms with Gasteiger partial charge in [0.05, 0.1) is 0 Å². The van der Waals surface area contributed by atoms with Gasteiger partial charge in [-0.05, 0) is 47.5 Å². The first kappa shape index (κ1) is 13.8. The van der Waals surface area contributed by atoms with Gasteiger partial charge in [0.15, 0.2) is 0 Å². The van der Waals surface area contributed by atoms with Crippen LogP contribution in [0.2, 0.25) is 0 Å². The summed E-state index contributed by atoms with van der Waals surface area (Å²) >= 11 is 3.81. The van der Waals surface area contributed by atoms with E-state index >= 15 is 0 Å². The number of hydrogen-bond donors (Lipinski definition) is 0. The smallest absolute Gasteiger partial charge is 0.0391 e. The highest BCUT2D eigenvalue weighted by atomic mass is 32.1. The first-order valence-electron chi connectivity index (χ1n) is 8.46.